The van der Waals surface area contributed by atoms with Gasteiger partial charge in [-0.2, -0.15) is 0 Å². The van der Waals surface area contributed by atoms with Gasteiger partial charge >= 0.3 is 5.97 Å². The number of likely N-dealkylation sites (tertiary alicyclic amines) is 1. The smallest absolute Gasteiger partial charge is 0.337 e. The van der Waals surface area contributed by atoms with Crippen molar-refractivity contribution in [2.24, 2.45) is 4.99 Å². The number of ether oxygens (including phenoxy) is 3. The quantitative estimate of drug-likeness (QED) is 0.661. The fourth-order valence-corrected chi connectivity index (χ4v) is 4.53. The molecule has 2 aromatic carbocycles. The molecular weight excluding hydrogens is 392 g/mol. The van der Waals surface area contributed by atoms with Crippen molar-refractivity contribution < 1.29 is 19.0 Å². The molecule has 2 unspecified atom stereocenters. The van der Waals surface area contributed by atoms with Crippen molar-refractivity contribution in [1.82, 2.24) is 4.90 Å². The van der Waals surface area contributed by atoms with Crippen molar-refractivity contribution in [3.8, 4) is 11.5 Å². The summed E-state index contributed by atoms with van der Waals surface area (Å²) in [4.78, 5) is 19.4. The molecule has 0 aliphatic carbocycles. The van der Waals surface area contributed by atoms with Crippen LogP contribution >= 0.6 is 0 Å². The van der Waals surface area contributed by atoms with Gasteiger partial charge in [0.2, 0.25) is 0 Å². The Balaban J connectivity index is 1.83. The zero-order chi connectivity index (χ0) is 22.0. The topological polar surface area (TPSA) is 60.4 Å². The van der Waals surface area contributed by atoms with Gasteiger partial charge in [0.15, 0.2) is 11.5 Å². The second-order valence-electron chi connectivity index (χ2n) is 8.02. The van der Waals surface area contributed by atoms with E-state index in [0.717, 1.165) is 47.8 Å². The summed E-state index contributed by atoms with van der Waals surface area (Å²) in [6.45, 7) is 7.11. The number of aliphatic imine (C=N–C) groups is 1. The van der Waals surface area contributed by atoms with Gasteiger partial charge in [0, 0.05) is 23.6 Å². The van der Waals surface area contributed by atoms with E-state index >= 15 is 0 Å². The van der Waals surface area contributed by atoms with Crippen LogP contribution in [0.3, 0.4) is 0 Å². The number of methoxy groups -OCH3 is 1. The van der Waals surface area contributed by atoms with Crippen LogP contribution < -0.4 is 9.47 Å². The molecule has 0 N–H and O–H groups in total. The number of hydrogen-bond donors (Lipinski definition) is 0. The number of hydrogen-bond acceptors (Lipinski definition) is 6. The summed E-state index contributed by atoms with van der Waals surface area (Å²) in [6.07, 6.45) is 1.02. The molecule has 0 spiro atoms. The average Bonchev–Trinajstić information content (AvgIpc) is 2.79. The minimum absolute atomic E-state index is 0.228. The maximum atomic E-state index is 11.8. The van der Waals surface area contributed by atoms with Gasteiger partial charge in [0.25, 0.3) is 0 Å². The Morgan fingerprint density at radius 1 is 1.10 bits per heavy atom. The first kappa shape index (κ1) is 21.4. The first-order valence-electron chi connectivity index (χ1n) is 10.9. The standard InChI is InChI=1S/C25H30N2O4/c1-5-30-22-13-18-19(14-23(22)31-6-2)24(26-21-11-12-27(3)15-20(18)21)16-7-9-17(10-8-16)25(28)29-4/h7-10,13-14,20-21H,5-6,11-12,15H2,1-4H3. The third-order valence-electron chi connectivity index (χ3n) is 6.02. The van der Waals surface area contributed by atoms with E-state index in [1.807, 2.05) is 26.0 Å². The molecule has 0 saturated carbocycles. The molecule has 1 saturated heterocycles. The number of carbonyl (C=O) groups excluding carboxylic acids is 1. The molecule has 2 aromatic rings. The summed E-state index contributed by atoms with van der Waals surface area (Å²) in [7, 11) is 3.56. The number of fused-ring (bicyclic) bond motifs is 3. The van der Waals surface area contributed by atoms with Crippen LogP contribution in [0.1, 0.15) is 53.2 Å². The van der Waals surface area contributed by atoms with E-state index in [0.29, 0.717) is 24.7 Å². The van der Waals surface area contributed by atoms with Crippen LogP contribution in [0, 0.1) is 0 Å². The molecule has 6 nitrogen and oxygen atoms in total. The van der Waals surface area contributed by atoms with Crippen LogP contribution in [0.25, 0.3) is 0 Å². The monoisotopic (exact) mass is 422 g/mol. The lowest BCUT2D eigenvalue weighted by atomic mass is 9.79. The normalized spacial score (nSPS) is 20.3. The summed E-state index contributed by atoms with van der Waals surface area (Å²) in [5.74, 6) is 1.51. The Bertz CT molecular complexity index is 984. The highest BCUT2D eigenvalue weighted by Crippen LogP contribution is 2.42. The van der Waals surface area contributed by atoms with Crippen LogP contribution in [0.15, 0.2) is 41.4 Å². The number of rotatable bonds is 6. The fraction of sp³-hybridized carbons (Fsp3) is 0.440. The van der Waals surface area contributed by atoms with Crippen LogP contribution in [0.2, 0.25) is 0 Å². The molecule has 164 valence electrons. The maximum absolute atomic E-state index is 11.8. The highest BCUT2D eigenvalue weighted by molar-refractivity contribution is 6.15. The number of esters is 1. The highest BCUT2D eigenvalue weighted by atomic mass is 16.5. The maximum Gasteiger partial charge on any atom is 0.337 e. The Hall–Kier alpha value is -2.86. The predicted octanol–water partition coefficient (Wildman–Crippen LogP) is 3.91. The Labute approximate surface area is 183 Å². The molecule has 1 fully saturated rings. The van der Waals surface area contributed by atoms with E-state index < -0.39 is 0 Å². The van der Waals surface area contributed by atoms with E-state index in [4.69, 9.17) is 19.2 Å². The number of likely N-dealkylation sites (N-methyl/N-ethyl adjacent to an activating group) is 1. The molecule has 4 rings (SSSR count). The third kappa shape index (κ3) is 4.17. The molecule has 2 aliphatic heterocycles. The Morgan fingerprint density at radius 3 is 2.42 bits per heavy atom. The second-order valence-corrected chi connectivity index (χ2v) is 8.02. The van der Waals surface area contributed by atoms with Crippen LogP contribution in [-0.4, -0.2) is 63.1 Å². The number of benzene rings is 2. The molecule has 2 heterocycles. The number of piperidine rings is 1. The third-order valence-corrected chi connectivity index (χ3v) is 6.02. The van der Waals surface area contributed by atoms with E-state index in [9.17, 15) is 4.79 Å². The van der Waals surface area contributed by atoms with Crippen LogP contribution in [-0.2, 0) is 4.74 Å². The molecule has 0 amide bonds. The Morgan fingerprint density at radius 2 is 1.77 bits per heavy atom. The molecule has 6 heteroatoms. The van der Waals surface area contributed by atoms with Gasteiger partial charge in [0.1, 0.15) is 0 Å². The summed E-state index contributed by atoms with van der Waals surface area (Å²) in [5, 5.41) is 0. The van der Waals surface area contributed by atoms with Gasteiger partial charge in [-0.05, 0) is 63.7 Å². The lowest BCUT2D eigenvalue weighted by Crippen LogP contribution is -2.41. The van der Waals surface area contributed by atoms with Gasteiger partial charge < -0.3 is 19.1 Å². The molecular formula is C25H30N2O4. The van der Waals surface area contributed by atoms with Gasteiger partial charge in [-0.1, -0.05) is 12.1 Å². The zero-order valence-electron chi connectivity index (χ0n) is 18.7. The van der Waals surface area contributed by atoms with Crippen molar-refractivity contribution in [3.63, 3.8) is 0 Å². The van der Waals surface area contributed by atoms with Gasteiger partial charge in [-0.15, -0.1) is 0 Å². The minimum atomic E-state index is -0.340. The summed E-state index contributed by atoms with van der Waals surface area (Å²) >= 11 is 0. The highest BCUT2D eigenvalue weighted by Gasteiger charge is 2.36. The molecule has 0 bridgehead atoms. The molecule has 2 atom stereocenters. The first-order chi connectivity index (χ1) is 15.0. The van der Waals surface area contributed by atoms with Crippen molar-refractivity contribution in [2.75, 3.05) is 40.5 Å². The molecule has 0 radical (unpaired) electrons. The van der Waals surface area contributed by atoms with Gasteiger partial charge in [0.05, 0.1) is 37.6 Å². The van der Waals surface area contributed by atoms with E-state index in [2.05, 4.69) is 24.1 Å². The van der Waals surface area contributed by atoms with Crippen molar-refractivity contribution >= 4 is 11.7 Å². The fourth-order valence-electron chi connectivity index (χ4n) is 4.53. The Kier molecular flexibility index (Phi) is 6.28. The van der Waals surface area contributed by atoms with Gasteiger partial charge in [-0.3, -0.25) is 4.99 Å². The second kappa shape index (κ2) is 9.10. The van der Waals surface area contributed by atoms with Crippen molar-refractivity contribution in [3.05, 3.63) is 58.7 Å². The van der Waals surface area contributed by atoms with Crippen molar-refractivity contribution in [2.45, 2.75) is 32.2 Å². The lowest BCUT2D eigenvalue weighted by Gasteiger charge is -2.39. The zero-order valence-corrected chi connectivity index (χ0v) is 18.7. The first-order valence-corrected chi connectivity index (χ1v) is 10.9. The van der Waals surface area contributed by atoms with Crippen molar-refractivity contribution in [1.29, 1.82) is 0 Å². The molecule has 2 aliphatic rings. The largest absolute Gasteiger partial charge is 0.490 e. The van der Waals surface area contributed by atoms with E-state index in [1.165, 1.54) is 12.7 Å². The minimum Gasteiger partial charge on any atom is -0.490 e. The van der Waals surface area contributed by atoms with Crippen LogP contribution in [0.5, 0.6) is 11.5 Å². The SMILES string of the molecule is CCOc1cc2c(cc1OCC)C1CN(C)CCC1N=C2c1ccc(C(=O)OC)cc1. The number of carbonyl (C=O) groups is 1. The molecule has 0 aromatic heterocycles. The lowest BCUT2D eigenvalue weighted by molar-refractivity contribution is 0.0600. The van der Waals surface area contributed by atoms with Gasteiger partial charge in [-0.25, -0.2) is 4.79 Å². The predicted molar refractivity (Wildman–Crippen MR) is 121 cm³/mol. The average molecular weight is 423 g/mol. The summed E-state index contributed by atoms with van der Waals surface area (Å²) in [5.41, 5.74) is 4.79. The van der Waals surface area contributed by atoms with Crippen LogP contribution in [0.4, 0.5) is 0 Å². The van der Waals surface area contributed by atoms with E-state index in [1.54, 1.807) is 12.1 Å². The summed E-state index contributed by atoms with van der Waals surface area (Å²) < 4.78 is 16.7. The summed E-state index contributed by atoms with van der Waals surface area (Å²) in [6, 6.07) is 11.9. The molecule has 31 heavy (non-hydrogen) atoms. The number of nitrogens with zero attached hydrogens (tertiary/aromatic N) is 2. The van der Waals surface area contributed by atoms with E-state index in [-0.39, 0.29) is 12.0 Å².